The number of nitrogens with zero attached hydrogens (tertiary/aromatic N) is 4. The molecule has 154 valence electrons. The smallest absolute Gasteiger partial charge is 0.227 e. The minimum absolute atomic E-state index is 0.0266. The summed E-state index contributed by atoms with van der Waals surface area (Å²) in [6.45, 7) is 2.69. The van der Waals surface area contributed by atoms with Crippen LogP contribution in [0.2, 0.25) is 0 Å². The molecule has 2 aliphatic rings. The number of piperidine rings is 1. The van der Waals surface area contributed by atoms with Gasteiger partial charge in [-0.3, -0.25) is 4.79 Å². The zero-order valence-corrected chi connectivity index (χ0v) is 17.0. The molecule has 0 bridgehead atoms. The number of aromatic nitrogens is 2. The molecule has 0 N–H and O–H groups in total. The molecule has 7 heteroatoms. The minimum atomic E-state index is -0.534. The van der Waals surface area contributed by atoms with Crippen LogP contribution in [-0.4, -0.2) is 67.5 Å². The van der Waals surface area contributed by atoms with E-state index >= 15 is 0 Å². The van der Waals surface area contributed by atoms with Crippen LogP contribution in [0.4, 0.5) is 5.82 Å². The van der Waals surface area contributed by atoms with Crippen molar-refractivity contribution in [3.8, 4) is 0 Å². The number of hydrogen-bond donors (Lipinski definition) is 0. The van der Waals surface area contributed by atoms with E-state index in [1.54, 1.807) is 20.4 Å². The molecule has 0 spiro atoms. The number of carbonyl (C=O) groups excluding carboxylic acids is 1. The molecule has 0 unspecified atom stereocenters. The maximum absolute atomic E-state index is 13.2. The van der Waals surface area contributed by atoms with Crippen molar-refractivity contribution in [3.05, 3.63) is 54.2 Å². The highest BCUT2D eigenvalue weighted by molar-refractivity contribution is 5.80. The summed E-state index contributed by atoms with van der Waals surface area (Å²) < 4.78 is 11.8. The van der Waals surface area contributed by atoms with Gasteiger partial charge in [0.25, 0.3) is 0 Å². The van der Waals surface area contributed by atoms with Gasteiger partial charge in [-0.2, -0.15) is 5.10 Å². The van der Waals surface area contributed by atoms with Crippen molar-refractivity contribution in [1.29, 1.82) is 0 Å². The lowest BCUT2D eigenvalue weighted by molar-refractivity contribution is -0.170. The molecule has 2 aliphatic heterocycles. The monoisotopic (exact) mass is 396 g/mol. The molecule has 0 aliphatic carbocycles. The molecule has 7 nitrogen and oxygen atoms in total. The summed E-state index contributed by atoms with van der Waals surface area (Å²) in [4.78, 5) is 17.3. The summed E-state index contributed by atoms with van der Waals surface area (Å²) in [6.07, 6.45) is 2.98. The molecule has 1 aromatic heterocycles. The van der Waals surface area contributed by atoms with Gasteiger partial charge in [0.2, 0.25) is 5.91 Å². The first-order valence-corrected chi connectivity index (χ1v) is 10.1. The zero-order chi connectivity index (χ0) is 20.3. The van der Waals surface area contributed by atoms with E-state index in [-0.39, 0.29) is 17.9 Å². The van der Waals surface area contributed by atoms with Gasteiger partial charge < -0.3 is 19.3 Å². The van der Waals surface area contributed by atoms with E-state index in [2.05, 4.69) is 27.2 Å². The number of amides is 1. The summed E-state index contributed by atoms with van der Waals surface area (Å²) in [5.74, 6) is 0.996. The van der Waals surface area contributed by atoms with Gasteiger partial charge in [-0.1, -0.05) is 30.3 Å². The summed E-state index contributed by atoms with van der Waals surface area (Å²) in [7, 11) is 3.42. The topological polar surface area (TPSA) is 67.8 Å². The molecule has 0 radical (unpaired) electrons. The van der Waals surface area contributed by atoms with Crippen LogP contribution in [0.3, 0.4) is 0 Å². The van der Waals surface area contributed by atoms with Gasteiger partial charge >= 0.3 is 0 Å². The lowest BCUT2D eigenvalue weighted by Crippen LogP contribution is -2.57. The fourth-order valence-corrected chi connectivity index (χ4v) is 4.66. The molecule has 2 fully saturated rings. The molecule has 3 heterocycles. The minimum Gasteiger partial charge on any atom is -0.376 e. The molecule has 4 rings (SSSR count). The van der Waals surface area contributed by atoms with Crippen molar-refractivity contribution in [2.45, 2.75) is 24.5 Å². The Hall–Kier alpha value is -2.51. The fraction of sp³-hybridized carbons (Fsp3) is 0.500. The number of rotatable bonds is 5. The molecule has 0 saturated carbocycles. The van der Waals surface area contributed by atoms with Crippen molar-refractivity contribution in [2.75, 3.05) is 45.3 Å². The van der Waals surface area contributed by atoms with Crippen LogP contribution in [0, 0.1) is 5.92 Å². The molecular weight excluding hydrogens is 368 g/mol. The van der Waals surface area contributed by atoms with Gasteiger partial charge in [0.1, 0.15) is 11.7 Å². The van der Waals surface area contributed by atoms with Crippen LogP contribution in [0.25, 0.3) is 0 Å². The van der Waals surface area contributed by atoms with Crippen molar-refractivity contribution in [1.82, 2.24) is 15.1 Å². The van der Waals surface area contributed by atoms with E-state index in [0.717, 1.165) is 24.3 Å². The van der Waals surface area contributed by atoms with Crippen LogP contribution in [0.5, 0.6) is 0 Å². The summed E-state index contributed by atoms with van der Waals surface area (Å²) in [6, 6.07) is 14.0. The van der Waals surface area contributed by atoms with Gasteiger partial charge in [-0.15, -0.1) is 5.10 Å². The Balaban J connectivity index is 1.45. The second-order valence-corrected chi connectivity index (χ2v) is 7.73. The third-order valence-corrected chi connectivity index (χ3v) is 6.30. The van der Waals surface area contributed by atoms with Crippen LogP contribution in [0.1, 0.15) is 18.4 Å². The molecule has 1 amide bonds. The van der Waals surface area contributed by atoms with Crippen LogP contribution in [0.15, 0.2) is 48.7 Å². The van der Waals surface area contributed by atoms with Crippen LogP contribution < -0.4 is 4.90 Å². The van der Waals surface area contributed by atoms with Gasteiger partial charge in [0.15, 0.2) is 5.82 Å². The largest absolute Gasteiger partial charge is 0.376 e. The van der Waals surface area contributed by atoms with Gasteiger partial charge in [-0.05, 0) is 24.1 Å². The quantitative estimate of drug-likeness (QED) is 0.771. The number of carbonyl (C=O) groups is 1. The van der Waals surface area contributed by atoms with Crippen molar-refractivity contribution in [2.24, 2.45) is 5.92 Å². The van der Waals surface area contributed by atoms with Crippen LogP contribution in [-0.2, 0) is 19.9 Å². The first kappa shape index (κ1) is 19.8. The molecule has 2 saturated heterocycles. The van der Waals surface area contributed by atoms with E-state index in [0.29, 0.717) is 26.1 Å². The first-order chi connectivity index (χ1) is 14.2. The molecule has 2 aromatic rings. The first-order valence-electron chi connectivity index (χ1n) is 10.1. The van der Waals surface area contributed by atoms with E-state index in [9.17, 15) is 4.79 Å². The van der Waals surface area contributed by atoms with E-state index in [1.165, 1.54) is 0 Å². The molecular formula is C22H28N4O3. The van der Waals surface area contributed by atoms with Gasteiger partial charge in [0.05, 0.1) is 12.5 Å². The highest BCUT2D eigenvalue weighted by Crippen LogP contribution is 2.38. The summed E-state index contributed by atoms with van der Waals surface area (Å²) in [5, 5.41) is 8.12. The Morgan fingerprint density at radius 1 is 1.10 bits per heavy atom. The Kier molecular flexibility index (Phi) is 5.78. The molecule has 3 atom stereocenters. The van der Waals surface area contributed by atoms with Crippen LogP contribution >= 0.6 is 0 Å². The molecule has 29 heavy (non-hydrogen) atoms. The predicted molar refractivity (Wildman–Crippen MR) is 109 cm³/mol. The lowest BCUT2D eigenvalue weighted by atomic mass is 9.81. The Labute approximate surface area is 171 Å². The number of anilines is 1. The van der Waals surface area contributed by atoms with E-state index < -0.39 is 5.60 Å². The zero-order valence-electron chi connectivity index (χ0n) is 17.0. The van der Waals surface area contributed by atoms with Gasteiger partial charge in [0, 0.05) is 46.5 Å². The van der Waals surface area contributed by atoms with Gasteiger partial charge in [-0.25, -0.2) is 0 Å². The van der Waals surface area contributed by atoms with E-state index in [1.807, 2.05) is 35.2 Å². The SMILES string of the molecule is CO[C@H]1CN(C(=O)[C@H]2CCN(c3cccnn3)C2)CC[C@]1(OC)c1ccccc1. The number of methoxy groups -OCH3 is 2. The van der Waals surface area contributed by atoms with E-state index in [4.69, 9.17) is 9.47 Å². The molecule has 1 aromatic carbocycles. The predicted octanol–water partition coefficient (Wildman–Crippen LogP) is 2.09. The van der Waals surface area contributed by atoms with Crippen molar-refractivity contribution < 1.29 is 14.3 Å². The highest BCUT2D eigenvalue weighted by atomic mass is 16.5. The average Bonchev–Trinajstić information content (AvgIpc) is 3.29. The number of hydrogen-bond acceptors (Lipinski definition) is 6. The fourth-order valence-electron chi connectivity index (χ4n) is 4.66. The standard InChI is InChI=1S/C22H28N4O3/c1-28-19-16-26(14-11-22(19,29-2)18-7-4-3-5-8-18)21(27)17-10-13-25(15-17)20-9-6-12-23-24-20/h3-9,12,17,19H,10-11,13-16H2,1-2H3/t17-,19-,22-/m0/s1. The lowest BCUT2D eigenvalue weighted by Gasteiger charge is -2.46. The second kappa shape index (κ2) is 8.47. The normalized spacial score (nSPS) is 27.2. The number of ether oxygens (including phenoxy) is 2. The maximum Gasteiger partial charge on any atom is 0.227 e. The number of likely N-dealkylation sites (tertiary alicyclic amines) is 1. The Bertz CT molecular complexity index is 819. The third kappa shape index (κ3) is 3.72. The third-order valence-electron chi connectivity index (χ3n) is 6.30. The van der Waals surface area contributed by atoms with Crippen molar-refractivity contribution in [3.63, 3.8) is 0 Å². The average molecular weight is 396 g/mol. The van der Waals surface area contributed by atoms with Crippen molar-refractivity contribution >= 4 is 11.7 Å². The summed E-state index contributed by atoms with van der Waals surface area (Å²) in [5.41, 5.74) is 0.560. The number of benzene rings is 1. The highest BCUT2D eigenvalue weighted by Gasteiger charge is 2.47. The summed E-state index contributed by atoms with van der Waals surface area (Å²) >= 11 is 0. The second-order valence-electron chi connectivity index (χ2n) is 7.73. The maximum atomic E-state index is 13.2. The Morgan fingerprint density at radius 3 is 2.62 bits per heavy atom. The Morgan fingerprint density at radius 2 is 1.93 bits per heavy atom.